The molecule has 28 heteroatoms. The number of carbonyl (C=O) groups is 11. The number of likely N-dealkylation sites (N-methyl/N-ethyl adjacent to an activating group) is 7. The van der Waals surface area contributed by atoms with Crippen LogP contribution in [0.15, 0.2) is 24.8 Å². The number of rotatable bonds is 15. The van der Waals surface area contributed by atoms with Crippen molar-refractivity contribution in [1.29, 1.82) is 0 Å². The second kappa shape index (κ2) is 38.1. The first-order valence-electron chi connectivity index (χ1n) is 33.3. The number of imidazole rings is 1. The molecule has 95 heavy (non-hydrogen) atoms. The van der Waals surface area contributed by atoms with E-state index in [9.17, 15) is 48.3 Å². The molecular formula is C67H116N16O12. The van der Waals surface area contributed by atoms with Gasteiger partial charge in [0.05, 0.1) is 19.0 Å². The molecular weight excluding hydrogens is 1220 g/mol. The van der Waals surface area contributed by atoms with Gasteiger partial charge in [0.25, 0.3) is 0 Å². The Labute approximate surface area is 563 Å². The van der Waals surface area contributed by atoms with Crippen LogP contribution in [0, 0.1) is 41.4 Å². The number of anilines is 1. The number of nitrogens with one attached hydrogen (secondary N) is 5. The molecule has 12 unspecified atom stereocenters. The molecule has 0 bridgehead atoms. The van der Waals surface area contributed by atoms with Crippen LogP contribution >= 0.6 is 0 Å². The molecule has 0 aromatic carbocycles. The van der Waals surface area contributed by atoms with E-state index in [1.54, 1.807) is 54.5 Å². The molecule has 0 radical (unpaired) electrons. The number of nitrogens with zero attached hydrogens (tertiary/aromatic N) is 10. The zero-order chi connectivity index (χ0) is 73.0. The van der Waals surface area contributed by atoms with Gasteiger partial charge in [0.1, 0.15) is 72.3 Å². The zero-order valence-electron chi connectivity index (χ0n) is 61.1. The summed E-state index contributed by atoms with van der Waals surface area (Å²) in [6.07, 6.45) is 5.97. The molecule has 11 amide bonds. The third-order valence-electron chi connectivity index (χ3n) is 17.3. The molecule has 2 aromatic heterocycles. The summed E-state index contributed by atoms with van der Waals surface area (Å²) in [5.74, 6) is -9.27. The fourth-order valence-corrected chi connectivity index (χ4v) is 11.5. The molecule has 1 aliphatic heterocycles. The van der Waals surface area contributed by atoms with Crippen molar-refractivity contribution in [3.63, 3.8) is 0 Å². The van der Waals surface area contributed by atoms with Crippen molar-refractivity contribution in [2.75, 3.05) is 61.6 Å². The minimum atomic E-state index is -1.61. The van der Waals surface area contributed by atoms with E-state index >= 15 is 9.59 Å². The van der Waals surface area contributed by atoms with Crippen LogP contribution < -0.4 is 27.0 Å². The molecule has 3 heterocycles. The molecule has 0 saturated carbocycles. The van der Waals surface area contributed by atoms with Crippen LogP contribution in [0.4, 0.5) is 5.82 Å². The summed E-state index contributed by atoms with van der Waals surface area (Å²) >= 11 is 0. The number of aliphatic hydroxyl groups is 1. The van der Waals surface area contributed by atoms with Gasteiger partial charge in [-0.2, -0.15) is 0 Å². The third kappa shape index (κ3) is 23.2. The summed E-state index contributed by atoms with van der Waals surface area (Å²) in [4.78, 5) is 183. The van der Waals surface area contributed by atoms with E-state index in [-0.39, 0.29) is 55.8 Å². The Kier molecular flexibility index (Phi) is 33.4. The molecule has 2 aromatic rings. The highest BCUT2D eigenvalue weighted by molar-refractivity contribution is 5.99. The number of aromatic nitrogens is 4. The monoisotopic (exact) mass is 1340 g/mol. The molecule has 0 spiro atoms. The highest BCUT2D eigenvalue weighted by Crippen LogP contribution is 2.26. The van der Waals surface area contributed by atoms with Crippen LogP contribution in [0.3, 0.4) is 0 Å². The zero-order valence-corrected chi connectivity index (χ0v) is 61.1. The molecule has 536 valence electrons. The fourth-order valence-electron chi connectivity index (χ4n) is 11.5. The van der Waals surface area contributed by atoms with Crippen molar-refractivity contribution < 1.29 is 57.8 Å². The maximum atomic E-state index is 15.1. The summed E-state index contributed by atoms with van der Waals surface area (Å²) in [5.41, 5.74) is 6.78. The van der Waals surface area contributed by atoms with Crippen molar-refractivity contribution in [2.24, 2.45) is 41.4 Å². The Morgan fingerprint density at radius 2 is 0.989 bits per heavy atom. The van der Waals surface area contributed by atoms with Gasteiger partial charge >= 0.3 is 0 Å². The van der Waals surface area contributed by atoms with Gasteiger partial charge < -0.3 is 71.4 Å². The van der Waals surface area contributed by atoms with Gasteiger partial charge in [-0.1, -0.05) is 109 Å². The van der Waals surface area contributed by atoms with Crippen molar-refractivity contribution >= 4 is 82.0 Å². The molecule has 1 saturated heterocycles. The first-order chi connectivity index (χ1) is 44.1. The maximum Gasteiger partial charge on any atom is 0.246 e. The first-order valence-corrected chi connectivity index (χ1v) is 33.3. The highest BCUT2D eigenvalue weighted by atomic mass is 16.3. The Morgan fingerprint density at radius 1 is 0.526 bits per heavy atom. The van der Waals surface area contributed by atoms with E-state index in [1.165, 1.54) is 100 Å². The SMILES string of the molecule is CC=CCC(C)C(O)C1C(=O)NC(CC)C(=O)N(C)CC(=O)N(C)C(CC(C)C)C(=O)NC(C(C)C)C(=O)N(C)C(CC(C)C)C(=O)NC(C)C(=O)NC(C)C(=O)N(C)C(CC(C)C)C(=O)N(C)C(CC(C)C)C(=O)N(C)C(C(C)C)C(=O)N1C.Nc1ncnc2nc[nH]c12. The topological polar surface area (TPSA) is 359 Å². The van der Waals surface area contributed by atoms with Crippen LogP contribution in [-0.2, 0) is 52.7 Å². The maximum absolute atomic E-state index is 15.1. The van der Waals surface area contributed by atoms with Crippen molar-refractivity contribution in [3.8, 4) is 0 Å². The Bertz CT molecular complexity index is 2950. The van der Waals surface area contributed by atoms with Gasteiger partial charge in [-0.25, -0.2) is 15.0 Å². The van der Waals surface area contributed by atoms with Gasteiger partial charge in [-0.3, -0.25) is 52.7 Å². The Hall–Kier alpha value is -7.78. The normalized spacial score (nSPS) is 25.2. The Morgan fingerprint density at radius 3 is 1.47 bits per heavy atom. The van der Waals surface area contributed by atoms with Crippen molar-refractivity contribution in [1.82, 2.24) is 75.5 Å². The van der Waals surface area contributed by atoms with E-state index in [4.69, 9.17) is 5.73 Å². The van der Waals surface area contributed by atoms with Gasteiger partial charge in [-0.05, 0) is 101 Å². The number of aromatic amines is 1. The molecule has 12 atom stereocenters. The molecule has 28 nitrogen and oxygen atoms in total. The lowest BCUT2D eigenvalue weighted by Gasteiger charge is -2.41. The predicted molar refractivity (Wildman–Crippen MR) is 365 cm³/mol. The second-order valence-corrected chi connectivity index (χ2v) is 28.0. The average molecular weight is 1340 g/mol. The van der Waals surface area contributed by atoms with Gasteiger partial charge in [0.15, 0.2) is 11.5 Å². The molecule has 8 N–H and O–H groups in total. The summed E-state index contributed by atoms with van der Waals surface area (Å²) in [6.45, 7) is 29.3. The highest BCUT2D eigenvalue weighted by Gasteiger charge is 2.46. The smallest absolute Gasteiger partial charge is 0.246 e. The number of allylic oxidation sites excluding steroid dienone is 2. The second-order valence-electron chi connectivity index (χ2n) is 28.0. The lowest BCUT2D eigenvalue weighted by atomic mass is 9.91. The molecule has 3 rings (SSSR count). The minimum Gasteiger partial charge on any atom is -0.390 e. The number of fused-ring (bicyclic) bond motifs is 1. The van der Waals surface area contributed by atoms with E-state index < -0.39 is 156 Å². The first kappa shape index (κ1) is 83.3. The lowest BCUT2D eigenvalue weighted by molar-refractivity contribution is -0.157. The summed E-state index contributed by atoms with van der Waals surface area (Å²) in [7, 11) is 9.92. The fraction of sp³-hybridized carbons (Fsp3) is 0.731. The van der Waals surface area contributed by atoms with Crippen molar-refractivity contribution in [3.05, 3.63) is 24.8 Å². The van der Waals surface area contributed by atoms with Gasteiger partial charge in [0, 0.05) is 49.3 Å². The number of aliphatic hydroxyl groups excluding tert-OH is 1. The lowest BCUT2D eigenvalue weighted by Crippen LogP contribution is -2.63. The number of H-pyrrole nitrogens is 1. The largest absolute Gasteiger partial charge is 0.390 e. The summed E-state index contributed by atoms with van der Waals surface area (Å²) < 4.78 is 0. The van der Waals surface area contributed by atoms with Gasteiger partial charge in [-0.15, -0.1) is 0 Å². The van der Waals surface area contributed by atoms with Gasteiger partial charge in [0.2, 0.25) is 65.0 Å². The predicted octanol–water partition coefficient (Wildman–Crippen LogP) is 3.20. The quantitative estimate of drug-likeness (QED) is 0.126. The number of carbonyl (C=O) groups excluding carboxylic acids is 11. The third-order valence-corrected chi connectivity index (χ3v) is 17.3. The van der Waals surface area contributed by atoms with E-state index in [0.29, 0.717) is 23.4 Å². The minimum absolute atomic E-state index is 0.0229. The molecule has 0 aliphatic carbocycles. The van der Waals surface area contributed by atoms with E-state index in [0.717, 1.165) is 9.80 Å². The van der Waals surface area contributed by atoms with Crippen LogP contribution in [-0.4, -0.2) is 247 Å². The number of nitrogens with two attached hydrogens (primary N) is 1. The average Bonchev–Trinajstić information content (AvgIpc) is 1.44. The standard InChI is InChI=1S/C62H111N11O12.C5H5N5/c1-25-27-28-40(15)52(75)51-56(79)65-43(26-2)58(81)67(18)33-48(74)68(19)44(29-34(3)4)55(78)66-49(38(11)12)61(84)69(20)45(30-35(5)6)54(77)63-41(16)53(76)64-42(17)57(80)70(21)46(31-36(7)8)59(82)71(22)47(32-37(9)10)60(83)72(23)50(39(13)14)62(85)73(51)24;6-4-3-5(9-1-7-3)10-2-8-4/h25,27,34-47,49-52,75H,26,28-33H2,1-24H3,(H,63,77)(H,64,76)(H,65,79)(H,66,78);1-2H,(H3,6,7,8,9,10). The van der Waals surface area contributed by atoms with Crippen LogP contribution in [0.2, 0.25) is 0 Å². The van der Waals surface area contributed by atoms with Crippen LogP contribution in [0.5, 0.6) is 0 Å². The molecule has 1 aliphatic rings. The Balaban J connectivity index is 0.00000276. The van der Waals surface area contributed by atoms with E-state index in [2.05, 4.69) is 41.2 Å². The van der Waals surface area contributed by atoms with Crippen LogP contribution in [0.25, 0.3) is 11.2 Å². The summed E-state index contributed by atoms with van der Waals surface area (Å²) in [6, 6.07) is -12.3. The number of nitrogen functional groups attached to an aromatic ring is 1. The molecule has 1 fully saturated rings. The number of amides is 11. The summed E-state index contributed by atoms with van der Waals surface area (Å²) in [5, 5.41) is 23.1. The van der Waals surface area contributed by atoms with E-state index in [1.807, 2.05) is 61.5 Å². The number of hydrogen-bond donors (Lipinski definition) is 7. The van der Waals surface area contributed by atoms with Crippen LogP contribution in [0.1, 0.15) is 156 Å². The van der Waals surface area contributed by atoms with Crippen molar-refractivity contribution in [2.45, 2.75) is 223 Å². The number of hydrogen-bond acceptors (Lipinski definition) is 16.